The van der Waals surface area contributed by atoms with Crippen LogP contribution in [-0.2, 0) is 9.59 Å². The third kappa shape index (κ3) is 24.1. The Labute approximate surface area is 206 Å². The number of ketones is 1. The van der Waals surface area contributed by atoms with E-state index in [-0.39, 0.29) is 5.78 Å². The average molecular weight is 467 g/mol. The van der Waals surface area contributed by atoms with Crippen LogP contribution in [0.5, 0.6) is 0 Å². The first-order chi connectivity index (χ1) is 16.1. The zero-order valence-electron chi connectivity index (χ0n) is 22.5. The fourth-order valence-corrected chi connectivity index (χ4v) is 4.81. The van der Waals surface area contributed by atoms with E-state index in [1.165, 1.54) is 148 Å². The maximum absolute atomic E-state index is 11.3. The minimum absolute atomic E-state index is 0.211. The molecule has 0 saturated carbocycles. The number of unbranched alkanes of at least 4 members (excludes halogenated alkanes) is 23. The molecule has 0 aromatic heterocycles. The molecule has 1 N–H and O–H groups in total. The lowest BCUT2D eigenvalue weighted by molar-refractivity contribution is -0.146. The number of aliphatic carboxylic acids is 1. The summed E-state index contributed by atoms with van der Waals surface area (Å²) in [6.07, 6.45) is 33.2. The third-order valence-electron chi connectivity index (χ3n) is 7.14. The highest BCUT2D eigenvalue weighted by Crippen LogP contribution is 2.17. The molecule has 33 heavy (non-hydrogen) atoms. The maximum Gasteiger partial charge on any atom is 0.314 e. The van der Waals surface area contributed by atoms with Crippen LogP contribution in [0.3, 0.4) is 0 Å². The van der Waals surface area contributed by atoms with Crippen molar-refractivity contribution in [1.29, 1.82) is 0 Å². The molecule has 0 aromatic rings. The molecule has 3 nitrogen and oxygen atoms in total. The Kier molecular flexibility index (Phi) is 25.1. The summed E-state index contributed by atoms with van der Waals surface area (Å²) in [6, 6.07) is 0. The van der Waals surface area contributed by atoms with E-state index in [0.29, 0.717) is 6.42 Å². The monoisotopic (exact) mass is 466 g/mol. The van der Waals surface area contributed by atoms with Crippen LogP contribution in [0.1, 0.15) is 174 Å². The van der Waals surface area contributed by atoms with Gasteiger partial charge in [0.2, 0.25) is 0 Å². The van der Waals surface area contributed by atoms with E-state index in [9.17, 15) is 9.59 Å². The highest BCUT2D eigenvalue weighted by atomic mass is 16.4. The first kappa shape index (κ1) is 32.1. The van der Waals surface area contributed by atoms with Crippen molar-refractivity contribution in [3.63, 3.8) is 0 Å². The lowest BCUT2D eigenvalue weighted by Crippen LogP contribution is -2.21. The van der Waals surface area contributed by atoms with Crippen molar-refractivity contribution >= 4 is 11.8 Å². The highest BCUT2D eigenvalue weighted by Gasteiger charge is 2.21. The van der Waals surface area contributed by atoms with Crippen molar-refractivity contribution in [3.05, 3.63) is 0 Å². The second-order valence-electron chi connectivity index (χ2n) is 10.4. The largest absolute Gasteiger partial charge is 0.481 e. The van der Waals surface area contributed by atoms with E-state index in [0.717, 1.165) is 12.8 Å². The predicted molar refractivity (Wildman–Crippen MR) is 143 cm³/mol. The summed E-state index contributed by atoms with van der Waals surface area (Å²) in [7, 11) is 0. The molecular formula is C30H58O3. The molecule has 3 heteroatoms. The SMILES string of the molecule is CCCCCCCCCCCCCCCCCCCCCCCCCCC(C(C)=O)C(=O)O. The van der Waals surface area contributed by atoms with Gasteiger partial charge in [0, 0.05) is 0 Å². The molecule has 0 fully saturated rings. The van der Waals surface area contributed by atoms with Crippen molar-refractivity contribution in [1.82, 2.24) is 0 Å². The molecule has 0 aromatic carbocycles. The molecule has 0 saturated heterocycles. The Morgan fingerprint density at radius 2 is 0.727 bits per heavy atom. The summed E-state index contributed by atoms with van der Waals surface area (Å²) in [4.78, 5) is 22.2. The Morgan fingerprint density at radius 1 is 0.485 bits per heavy atom. The van der Waals surface area contributed by atoms with Crippen molar-refractivity contribution in [3.8, 4) is 0 Å². The van der Waals surface area contributed by atoms with Gasteiger partial charge < -0.3 is 5.11 Å². The lowest BCUT2D eigenvalue weighted by atomic mass is 9.97. The van der Waals surface area contributed by atoms with Crippen LogP contribution in [0, 0.1) is 5.92 Å². The summed E-state index contributed by atoms with van der Waals surface area (Å²) in [5.41, 5.74) is 0. The molecule has 1 unspecified atom stereocenters. The lowest BCUT2D eigenvalue weighted by Gasteiger charge is -2.08. The summed E-state index contributed by atoms with van der Waals surface area (Å²) >= 11 is 0. The Bertz CT molecular complexity index is 418. The first-order valence-electron chi connectivity index (χ1n) is 14.8. The molecule has 0 bridgehead atoms. The number of rotatable bonds is 27. The second-order valence-corrected chi connectivity index (χ2v) is 10.4. The minimum Gasteiger partial charge on any atom is -0.481 e. The quantitative estimate of drug-likeness (QED) is 0.0967. The van der Waals surface area contributed by atoms with Crippen LogP contribution in [0.4, 0.5) is 0 Å². The van der Waals surface area contributed by atoms with E-state index in [2.05, 4.69) is 6.92 Å². The van der Waals surface area contributed by atoms with Gasteiger partial charge in [0.25, 0.3) is 0 Å². The summed E-state index contributed by atoms with van der Waals surface area (Å²) in [6.45, 7) is 3.68. The predicted octanol–water partition coefficient (Wildman–Crippen LogP) is 10.0. The molecule has 0 radical (unpaired) electrons. The summed E-state index contributed by atoms with van der Waals surface area (Å²) in [5, 5.41) is 9.01. The van der Waals surface area contributed by atoms with Crippen molar-refractivity contribution in [2.45, 2.75) is 174 Å². The van der Waals surface area contributed by atoms with Crippen LogP contribution in [0.2, 0.25) is 0 Å². The van der Waals surface area contributed by atoms with Crippen LogP contribution < -0.4 is 0 Å². The molecular weight excluding hydrogens is 408 g/mol. The maximum atomic E-state index is 11.3. The van der Waals surface area contributed by atoms with E-state index in [4.69, 9.17) is 5.11 Å². The highest BCUT2D eigenvalue weighted by molar-refractivity contribution is 5.96. The molecule has 1 atom stereocenters. The smallest absolute Gasteiger partial charge is 0.314 e. The Balaban J connectivity index is 3.14. The topological polar surface area (TPSA) is 54.4 Å². The molecule has 0 aliphatic rings. The van der Waals surface area contributed by atoms with Gasteiger partial charge in [0.1, 0.15) is 11.7 Å². The first-order valence-corrected chi connectivity index (χ1v) is 14.8. The van der Waals surface area contributed by atoms with Gasteiger partial charge in [-0.25, -0.2) is 0 Å². The Hall–Kier alpha value is -0.860. The molecule has 196 valence electrons. The van der Waals surface area contributed by atoms with Gasteiger partial charge in [-0.1, -0.05) is 161 Å². The van der Waals surface area contributed by atoms with Crippen molar-refractivity contribution in [2.24, 2.45) is 5.92 Å². The zero-order valence-corrected chi connectivity index (χ0v) is 22.5. The van der Waals surface area contributed by atoms with Crippen LogP contribution in [0.25, 0.3) is 0 Å². The Morgan fingerprint density at radius 3 is 0.939 bits per heavy atom. The van der Waals surface area contributed by atoms with Gasteiger partial charge >= 0.3 is 5.97 Å². The van der Waals surface area contributed by atoms with Gasteiger partial charge in [0.15, 0.2) is 0 Å². The van der Waals surface area contributed by atoms with Gasteiger partial charge in [-0.05, 0) is 13.3 Å². The molecule has 0 aliphatic carbocycles. The van der Waals surface area contributed by atoms with Crippen molar-refractivity contribution in [2.75, 3.05) is 0 Å². The normalized spacial score (nSPS) is 12.2. The van der Waals surface area contributed by atoms with Crippen molar-refractivity contribution < 1.29 is 14.7 Å². The summed E-state index contributed by atoms with van der Waals surface area (Å²) in [5.74, 6) is -1.96. The van der Waals surface area contributed by atoms with Gasteiger partial charge in [-0.15, -0.1) is 0 Å². The number of Topliss-reactive ketones (excluding diaryl/α,β-unsaturated/α-hetero) is 1. The number of carbonyl (C=O) groups excluding carboxylic acids is 1. The van der Waals surface area contributed by atoms with E-state index >= 15 is 0 Å². The van der Waals surface area contributed by atoms with Gasteiger partial charge in [-0.3, -0.25) is 9.59 Å². The second kappa shape index (κ2) is 25.8. The molecule has 0 amide bonds. The van der Waals surface area contributed by atoms with E-state index < -0.39 is 11.9 Å². The average Bonchev–Trinajstić information content (AvgIpc) is 2.78. The minimum atomic E-state index is -0.961. The number of carbonyl (C=O) groups is 2. The van der Waals surface area contributed by atoms with Crippen LogP contribution in [-0.4, -0.2) is 16.9 Å². The fraction of sp³-hybridized carbons (Fsp3) is 0.933. The van der Waals surface area contributed by atoms with Gasteiger partial charge in [0.05, 0.1) is 0 Å². The number of hydrogen-bond donors (Lipinski definition) is 1. The van der Waals surface area contributed by atoms with E-state index in [1.807, 2.05) is 0 Å². The third-order valence-corrected chi connectivity index (χ3v) is 7.14. The zero-order chi connectivity index (χ0) is 24.4. The number of carboxylic acid groups (broad SMARTS) is 1. The molecule has 0 spiro atoms. The molecule has 0 rings (SSSR count). The molecule has 0 heterocycles. The van der Waals surface area contributed by atoms with E-state index in [1.54, 1.807) is 0 Å². The number of carboxylic acids is 1. The number of hydrogen-bond acceptors (Lipinski definition) is 2. The molecule has 0 aliphatic heterocycles. The van der Waals surface area contributed by atoms with Crippen LogP contribution >= 0.6 is 0 Å². The fourth-order valence-electron chi connectivity index (χ4n) is 4.81. The summed E-state index contributed by atoms with van der Waals surface area (Å²) < 4.78 is 0. The van der Waals surface area contributed by atoms with Gasteiger partial charge in [-0.2, -0.15) is 0 Å². The van der Waals surface area contributed by atoms with Crippen LogP contribution in [0.15, 0.2) is 0 Å². The standard InChI is InChI=1S/C30H58O3/c1-3-4-5-6-7-8-9-10-11-12-13-14-15-16-17-18-19-20-21-22-23-24-25-26-27-29(28(2)31)30(32)33/h29H,3-27H2,1-2H3,(H,32,33).